The van der Waals surface area contributed by atoms with E-state index in [4.69, 9.17) is 17.3 Å². The molecule has 3 fully saturated rings. The average Bonchev–Trinajstić information content (AvgIpc) is 2.70. The molecule has 2 N–H and O–H groups in total. The first-order valence-corrected chi connectivity index (χ1v) is 7.89. The van der Waals surface area contributed by atoms with Crippen LogP contribution >= 0.6 is 11.6 Å². The van der Waals surface area contributed by atoms with Crippen molar-refractivity contribution >= 4 is 11.6 Å². The molecule has 3 aliphatic carbocycles. The van der Waals surface area contributed by atoms with E-state index in [1.807, 2.05) is 18.7 Å². The molecule has 4 heteroatoms. The van der Waals surface area contributed by atoms with E-state index < -0.39 is 0 Å². The number of aryl methyl sites for hydroxylation is 2. The van der Waals surface area contributed by atoms with Crippen molar-refractivity contribution in [3.05, 3.63) is 16.4 Å². The van der Waals surface area contributed by atoms with E-state index in [1.54, 1.807) is 0 Å². The van der Waals surface area contributed by atoms with Crippen LogP contribution in [-0.4, -0.2) is 15.8 Å². The van der Waals surface area contributed by atoms with Crippen LogP contribution in [0.1, 0.15) is 30.7 Å². The summed E-state index contributed by atoms with van der Waals surface area (Å²) in [5.74, 6) is 4.64. The maximum absolute atomic E-state index is 6.50. The predicted octanol–water partition coefficient (Wildman–Crippen LogP) is 2.54. The molecule has 2 bridgehead atoms. The molecular formula is C15H22ClN3. The Morgan fingerprint density at radius 3 is 2.53 bits per heavy atom. The van der Waals surface area contributed by atoms with Gasteiger partial charge in [0.05, 0.1) is 16.4 Å². The van der Waals surface area contributed by atoms with Gasteiger partial charge in [-0.2, -0.15) is 5.10 Å². The second kappa shape index (κ2) is 3.98. The standard InChI is InChI=1S/C15H22ClN3/c1-7-15(16)11(19(2)18-7)6-10(17)14-12-8-3-4-9(5-8)13(12)14/h8-10,12-14H,3-6,17H2,1-2H3. The Hall–Kier alpha value is -0.540. The molecule has 0 spiro atoms. The Bertz CT molecular complexity index is 508. The summed E-state index contributed by atoms with van der Waals surface area (Å²) in [6.07, 6.45) is 5.29. The molecule has 104 valence electrons. The minimum absolute atomic E-state index is 0.269. The van der Waals surface area contributed by atoms with Crippen LogP contribution < -0.4 is 5.73 Å². The van der Waals surface area contributed by atoms with E-state index in [2.05, 4.69) is 5.10 Å². The van der Waals surface area contributed by atoms with Gasteiger partial charge in [0.25, 0.3) is 0 Å². The van der Waals surface area contributed by atoms with Crippen LogP contribution in [0.5, 0.6) is 0 Å². The molecule has 0 aliphatic heterocycles. The largest absolute Gasteiger partial charge is 0.327 e. The van der Waals surface area contributed by atoms with E-state index in [9.17, 15) is 0 Å². The maximum atomic E-state index is 6.50. The van der Waals surface area contributed by atoms with Crippen LogP contribution in [-0.2, 0) is 13.5 Å². The molecule has 0 amide bonds. The van der Waals surface area contributed by atoms with Gasteiger partial charge >= 0.3 is 0 Å². The Balaban J connectivity index is 1.50. The summed E-state index contributed by atoms with van der Waals surface area (Å²) in [6, 6.07) is 0.269. The zero-order chi connectivity index (χ0) is 13.3. The fourth-order valence-electron chi connectivity index (χ4n) is 5.23. The van der Waals surface area contributed by atoms with Crippen LogP contribution in [0.2, 0.25) is 5.02 Å². The zero-order valence-electron chi connectivity index (χ0n) is 11.6. The highest BCUT2D eigenvalue weighted by atomic mass is 35.5. The molecule has 3 aliphatic rings. The second-order valence-electron chi connectivity index (χ2n) is 6.90. The van der Waals surface area contributed by atoms with Gasteiger partial charge in [0.1, 0.15) is 0 Å². The highest BCUT2D eigenvalue weighted by Gasteiger charge is 2.66. The summed E-state index contributed by atoms with van der Waals surface area (Å²) in [4.78, 5) is 0. The summed E-state index contributed by atoms with van der Waals surface area (Å²) in [7, 11) is 1.97. The summed E-state index contributed by atoms with van der Waals surface area (Å²) < 4.78 is 1.91. The van der Waals surface area contributed by atoms with Gasteiger partial charge in [-0.25, -0.2) is 0 Å². The molecule has 0 aromatic carbocycles. The summed E-state index contributed by atoms with van der Waals surface area (Å²) >= 11 is 6.33. The van der Waals surface area contributed by atoms with E-state index in [-0.39, 0.29) is 6.04 Å². The van der Waals surface area contributed by atoms with Gasteiger partial charge in [-0.15, -0.1) is 0 Å². The van der Waals surface area contributed by atoms with E-state index >= 15 is 0 Å². The minimum Gasteiger partial charge on any atom is -0.327 e. The first-order chi connectivity index (χ1) is 9.08. The first-order valence-electron chi connectivity index (χ1n) is 7.51. The second-order valence-corrected chi connectivity index (χ2v) is 7.28. The van der Waals surface area contributed by atoms with Crippen LogP contribution in [0.25, 0.3) is 0 Å². The Labute approximate surface area is 119 Å². The number of hydrogen-bond donors (Lipinski definition) is 1. The number of halogens is 1. The van der Waals surface area contributed by atoms with Gasteiger partial charge in [-0.1, -0.05) is 11.6 Å². The van der Waals surface area contributed by atoms with E-state index in [1.165, 1.54) is 19.3 Å². The molecule has 5 atom stereocenters. The predicted molar refractivity (Wildman–Crippen MR) is 75.9 cm³/mol. The lowest BCUT2D eigenvalue weighted by molar-refractivity contribution is 0.405. The fourth-order valence-corrected chi connectivity index (χ4v) is 5.46. The number of hydrogen-bond acceptors (Lipinski definition) is 2. The Morgan fingerprint density at radius 1 is 1.37 bits per heavy atom. The lowest BCUT2D eigenvalue weighted by Crippen LogP contribution is -2.29. The Morgan fingerprint density at radius 2 is 2.00 bits per heavy atom. The first kappa shape index (κ1) is 12.2. The van der Waals surface area contributed by atoms with Crippen molar-refractivity contribution in [1.82, 2.24) is 9.78 Å². The van der Waals surface area contributed by atoms with Crippen LogP contribution in [0.4, 0.5) is 0 Å². The van der Waals surface area contributed by atoms with Crippen molar-refractivity contribution in [3.8, 4) is 0 Å². The molecule has 1 heterocycles. The van der Waals surface area contributed by atoms with Crippen molar-refractivity contribution in [2.75, 3.05) is 0 Å². The van der Waals surface area contributed by atoms with E-state index in [0.29, 0.717) is 0 Å². The summed E-state index contributed by atoms with van der Waals surface area (Å²) in [5, 5.41) is 5.20. The van der Waals surface area contributed by atoms with Gasteiger partial charge in [-0.3, -0.25) is 4.68 Å². The third kappa shape index (κ3) is 1.64. The Kier molecular flexibility index (Phi) is 2.56. The SMILES string of the molecule is Cc1nn(C)c(CC(N)C2C3C4CCC(C4)C23)c1Cl. The number of nitrogens with zero attached hydrogens (tertiary/aromatic N) is 2. The van der Waals surface area contributed by atoms with E-state index in [0.717, 1.165) is 52.4 Å². The molecule has 19 heavy (non-hydrogen) atoms. The lowest BCUT2D eigenvalue weighted by Gasteiger charge is -2.16. The third-order valence-corrected chi connectivity index (χ3v) is 6.47. The van der Waals surface area contributed by atoms with Crippen LogP contribution in [0, 0.1) is 36.5 Å². The minimum atomic E-state index is 0.269. The summed E-state index contributed by atoms with van der Waals surface area (Å²) in [5.41, 5.74) is 8.53. The number of rotatable bonds is 3. The third-order valence-electron chi connectivity index (χ3n) is 5.98. The zero-order valence-corrected chi connectivity index (χ0v) is 12.4. The smallest absolute Gasteiger partial charge is 0.0847 e. The van der Waals surface area contributed by atoms with Gasteiger partial charge < -0.3 is 5.73 Å². The van der Waals surface area contributed by atoms with Gasteiger partial charge in [0.2, 0.25) is 0 Å². The molecule has 0 radical (unpaired) electrons. The summed E-state index contributed by atoms with van der Waals surface area (Å²) in [6.45, 7) is 1.96. The molecule has 1 aromatic heterocycles. The number of fused-ring (bicyclic) bond motifs is 5. The highest BCUT2D eigenvalue weighted by Crippen LogP contribution is 2.70. The van der Waals surface area contributed by atoms with Gasteiger partial charge in [-0.05, 0) is 55.8 Å². The lowest BCUT2D eigenvalue weighted by atomic mass is 9.95. The molecule has 3 nitrogen and oxygen atoms in total. The van der Waals surface area contributed by atoms with Crippen LogP contribution in [0.15, 0.2) is 0 Å². The monoisotopic (exact) mass is 279 g/mol. The van der Waals surface area contributed by atoms with Crippen LogP contribution in [0.3, 0.4) is 0 Å². The molecule has 3 saturated carbocycles. The van der Waals surface area contributed by atoms with Crippen molar-refractivity contribution in [1.29, 1.82) is 0 Å². The molecule has 5 unspecified atom stereocenters. The van der Waals surface area contributed by atoms with Crippen molar-refractivity contribution in [3.63, 3.8) is 0 Å². The van der Waals surface area contributed by atoms with Gasteiger partial charge in [0, 0.05) is 19.5 Å². The fraction of sp³-hybridized carbons (Fsp3) is 0.800. The molecule has 0 saturated heterocycles. The quantitative estimate of drug-likeness (QED) is 0.924. The molecule has 4 rings (SSSR count). The van der Waals surface area contributed by atoms with Crippen molar-refractivity contribution < 1.29 is 0 Å². The van der Waals surface area contributed by atoms with Crippen molar-refractivity contribution in [2.45, 2.75) is 38.6 Å². The highest BCUT2D eigenvalue weighted by molar-refractivity contribution is 6.31. The van der Waals surface area contributed by atoms with Crippen molar-refractivity contribution in [2.24, 2.45) is 42.4 Å². The molecular weight excluding hydrogens is 258 g/mol. The average molecular weight is 280 g/mol. The molecule has 1 aromatic rings. The maximum Gasteiger partial charge on any atom is 0.0847 e. The normalized spacial score (nSPS) is 40.5. The topological polar surface area (TPSA) is 43.8 Å². The van der Waals surface area contributed by atoms with Gasteiger partial charge in [0.15, 0.2) is 0 Å². The number of nitrogens with two attached hydrogens (primary N) is 1. The number of aromatic nitrogens is 2.